The lowest BCUT2D eigenvalue weighted by Crippen LogP contribution is -2.44. The van der Waals surface area contributed by atoms with Crippen LogP contribution >= 0.6 is 102 Å². The first-order chi connectivity index (χ1) is 15.3. The summed E-state index contributed by atoms with van der Waals surface area (Å²) < 4.78 is 0. The second kappa shape index (κ2) is 23.6. The molecule has 12 heteroatoms. The van der Waals surface area contributed by atoms with Crippen molar-refractivity contribution >= 4 is 108 Å². The van der Waals surface area contributed by atoms with Gasteiger partial charge in [0, 0.05) is 51.5 Å². The van der Waals surface area contributed by atoms with E-state index in [0.29, 0.717) is 6.17 Å². The SMILES string of the molecule is Br.Br.Br.Br.Br.Br.Nc1ccc(CN2Cc3ccc(cc3)C2N2CCCNCCNCCCNCC2)cc1. The second-order valence-corrected chi connectivity index (χ2v) is 8.75. The number of fused-ring (bicyclic) bond motifs is 4. The molecule has 0 saturated carbocycles. The molecule has 0 radical (unpaired) electrons. The number of rotatable bonds is 3. The molecule has 3 aliphatic heterocycles. The lowest BCUT2D eigenvalue weighted by atomic mass is 10.1. The monoisotopic (exact) mass is 902 g/mol. The number of hydrogen-bond donors (Lipinski definition) is 4. The molecular formula is C25H44Br6N6. The number of halogens is 6. The third-order valence-electron chi connectivity index (χ3n) is 6.28. The van der Waals surface area contributed by atoms with Gasteiger partial charge in [-0.25, -0.2) is 0 Å². The van der Waals surface area contributed by atoms with Gasteiger partial charge in [-0.15, -0.1) is 102 Å². The fourth-order valence-corrected chi connectivity index (χ4v) is 4.65. The van der Waals surface area contributed by atoms with E-state index in [2.05, 4.69) is 62.1 Å². The van der Waals surface area contributed by atoms with Gasteiger partial charge in [-0.2, -0.15) is 0 Å². The van der Waals surface area contributed by atoms with E-state index in [9.17, 15) is 0 Å². The molecule has 6 nitrogen and oxygen atoms in total. The Balaban J connectivity index is -0.00000193. The van der Waals surface area contributed by atoms with Crippen molar-refractivity contribution in [1.82, 2.24) is 25.8 Å². The molecule has 5 rings (SSSR count). The lowest BCUT2D eigenvalue weighted by Gasteiger charge is -2.39. The minimum absolute atomic E-state index is 0. The second-order valence-electron chi connectivity index (χ2n) is 8.75. The minimum atomic E-state index is 0. The van der Waals surface area contributed by atoms with Crippen LogP contribution in [0.15, 0.2) is 48.5 Å². The molecule has 0 aliphatic carbocycles. The molecular weight excluding hydrogens is 864 g/mol. The van der Waals surface area contributed by atoms with E-state index in [1.807, 2.05) is 12.1 Å². The van der Waals surface area contributed by atoms with Gasteiger partial charge >= 0.3 is 0 Å². The Morgan fingerprint density at radius 1 is 0.649 bits per heavy atom. The molecule has 1 atom stereocenters. The summed E-state index contributed by atoms with van der Waals surface area (Å²) in [5.74, 6) is 0. The topological polar surface area (TPSA) is 68.6 Å². The molecule has 1 saturated heterocycles. The molecule has 1 unspecified atom stereocenters. The van der Waals surface area contributed by atoms with Gasteiger partial charge in [-0.05, 0) is 61.3 Å². The Hall–Kier alpha value is 0.920. The maximum atomic E-state index is 5.92. The highest BCUT2D eigenvalue weighted by Crippen LogP contribution is 2.32. The highest BCUT2D eigenvalue weighted by molar-refractivity contribution is 8.93. The van der Waals surface area contributed by atoms with Gasteiger partial charge in [0.05, 0.1) is 6.17 Å². The van der Waals surface area contributed by atoms with Gasteiger partial charge in [0.1, 0.15) is 0 Å². The molecule has 2 aromatic carbocycles. The summed E-state index contributed by atoms with van der Waals surface area (Å²) in [7, 11) is 0. The largest absolute Gasteiger partial charge is 0.399 e. The minimum Gasteiger partial charge on any atom is -0.399 e. The number of nitrogens with one attached hydrogen (secondary N) is 3. The summed E-state index contributed by atoms with van der Waals surface area (Å²) in [6.07, 6.45) is 2.62. The van der Waals surface area contributed by atoms with Crippen molar-refractivity contribution in [2.24, 2.45) is 0 Å². The average molecular weight is 908 g/mol. The molecule has 2 bridgehead atoms. The third-order valence-corrected chi connectivity index (χ3v) is 6.28. The molecule has 0 spiro atoms. The van der Waals surface area contributed by atoms with Gasteiger partial charge in [0.2, 0.25) is 0 Å². The molecule has 3 aliphatic rings. The molecule has 5 N–H and O–H groups in total. The van der Waals surface area contributed by atoms with Gasteiger partial charge in [-0.3, -0.25) is 9.80 Å². The molecule has 0 aromatic heterocycles. The fraction of sp³-hybridized carbons (Fsp3) is 0.520. The maximum Gasteiger partial charge on any atom is 0.0892 e. The van der Waals surface area contributed by atoms with Crippen LogP contribution in [-0.4, -0.2) is 62.2 Å². The number of nitrogen functional groups attached to an aromatic ring is 1. The van der Waals surface area contributed by atoms with Crippen LogP contribution in [0, 0.1) is 0 Å². The number of nitrogens with two attached hydrogens (primary N) is 1. The Morgan fingerprint density at radius 3 is 1.84 bits per heavy atom. The van der Waals surface area contributed by atoms with Crippen molar-refractivity contribution in [3.8, 4) is 0 Å². The first-order valence-corrected chi connectivity index (χ1v) is 11.8. The smallest absolute Gasteiger partial charge is 0.0892 e. The summed E-state index contributed by atoms with van der Waals surface area (Å²) in [5, 5.41) is 10.8. The van der Waals surface area contributed by atoms with Crippen LogP contribution in [0.3, 0.4) is 0 Å². The van der Waals surface area contributed by atoms with Gasteiger partial charge in [0.25, 0.3) is 0 Å². The van der Waals surface area contributed by atoms with Crippen LogP contribution in [0.1, 0.15) is 35.7 Å². The standard InChI is InChI=1S/C25H38N6.6BrH/c26-24-9-5-22(6-10-24)20-31-19-21-3-7-23(8-4-21)25(31)30-17-2-13-28-15-14-27-11-1-12-29-16-18-30;;;;;;/h3-10,25,27-29H,1-2,11-20,26H2;6*1H. The zero-order valence-electron chi connectivity index (χ0n) is 21.1. The van der Waals surface area contributed by atoms with Crippen molar-refractivity contribution in [3.05, 3.63) is 65.2 Å². The van der Waals surface area contributed by atoms with Crippen LogP contribution in [0.25, 0.3) is 0 Å². The Labute approximate surface area is 286 Å². The Kier molecular flexibility index (Phi) is 27.0. The Bertz CT molecular complexity index is 785. The number of hydrogen-bond acceptors (Lipinski definition) is 6. The van der Waals surface area contributed by atoms with Crippen LogP contribution in [-0.2, 0) is 13.1 Å². The van der Waals surface area contributed by atoms with Crippen LogP contribution in [0.5, 0.6) is 0 Å². The van der Waals surface area contributed by atoms with Gasteiger partial charge in [-0.1, -0.05) is 36.4 Å². The predicted molar refractivity (Wildman–Crippen MR) is 191 cm³/mol. The highest BCUT2D eigenvalue weighted by atomic mass is 79.9. The maximum absolute atomic E-state index is 5.92. The van der Waals surface area contributed by atoms with E-state index >= 15 is 0 Å². The number of benzene rings is 2. The molecule has 37 heavy (non-hydrogen) atoms. The zero-order chi connectivity index (χ0) is 21.3. The predicted octanol–water partition coefficient (Wildman–Crippen LogP) is 5.62. The zero-order valence-corrected chi connectivity index (χ0v) is 31.4. The summed E-state index contributed by atoms with van der Waals surface area (Å²) in [5.41, 5.74) is 10.8. The molecule has 2 aromatic rings. The first kappa shape index (κ1) is 42.4. The molecule has 3 heterocycles. The molecule has 216 valence electrons. The van der Waals surface area contributed by atoms with E-state index in [1.54, 1.807) is 0 Å². The van der Waals surface area contributed by atoms with Crippen LogP contribution in [0.2, 0.25) is 0 Å². The van der Waals surface area contributed by atoms with E-state index in [4.69, 9.17) is 5.73 Å². The van der Waals surface area contributed by atoms with Crippen molar-refractivity contribution in [3.63, 3.8) is 0 Å². The van der Waals surface area contributed by atoms with Crippen molar-refractivity contribution in [2.75, 3.05) is 58.1 Å². The summed E-state index contributed by atoms with van der Waals surface area (Å²) >= 11 is 0. The first-order valence-electron chi connectivity index (χ1n) is 11.8. The molecule has 1 fully saturated rings. The van der Waals surface area contributed by atoms with Crippen LogP contribution in [0.4, 0.5) is 5.69 Å². The third kappa shape index (κ3) is 13.9. The van der Waals surface area contributed by atoms with Gasteiger partial charge < -0.3 is 21.7 Å². The van der Waals surface area contributed by atoms with Gasteiger partial charge in [0.15, 0.2) is 0 Å². The number of anilines is 1. The highest BCUT2D eigenvalue weighted by Gasteiger charge is 2.29. The quantitative estimate of drug-likeness (QED) is 0.301. The summed E-state index contributed by atoms with van der Waals surface area (Å²) in [4.78, 5) is 5.30. The fourth-order valence-electron chi connectivity index (χ4n) is 4.65. The van der Waals surface area contributed by atoms with E-state index in [0.717, 1.165) is 77.6 Å². The average Bonchev–Trinajstić information content (AvgIpc) is 3.06. The summed E-state index contributed by atoms with van der Waals surface area (Å²) in [6.45, 7) is 10.4. The van der Waals surface area contributed by atoms with Crippen molar-refractivity contribution < 1.29 is 0 Å². The molecule has 0 amide bonds. The van der Waals surface area contributed by atoms with Crippen molar-refractivity contribution in [1.29, 1.82) is 0 Å². The van der Waals surface area contributed by atoms with Crippen LogP contribution < -0.4 is 21.7 Å². The lowest BCUT2D eigenvalue weighted by molar-refractivity contribution is 0.0301. The summed E-state index contributed by atoms with van der Waals surface area (Å²) in [6, 6.07) is 17.6. The van der Waals surface area contributed by atoms with E-state index < -0.39 is 0 Å². The number of nitrogens with zero attached hydrogens (tertiary/aromatic N) is 2. The van der Waals surface area contributed by atoms with E-state index in [1.165, 1.54) is 23.1 Å². The van der Waals surface area contributed by atoms with Crippen molar-refractivity contribution in [2.45, 2.75) is 32.1 Å². The van der Waals surface area contributed by atoms with E-state index in [-0.39, 0.29) is 102 Å². The Morgan fingerprint density at radius 2 is 1.22 bits per heavy atom. The normalized spacial score (nSPS) is 19.0.